The van der Waals surface area contributed by atoms with Crippen molar-refractivity contribution in [2.45, 2.75) is 71.9 Å². The number of halogens is 3. The van der Waals surface area contributed by atoms with Gasteiger partial charge in [-0.1, -0.05) is 12.1 Å². The van der Waals surface area contributed by atoms with Crippen LogP contribution in [0.25, 0.3) is 10.6 Å². The highest BCUT2D eigenvalue weighted by molar-refractivity contribution is 7.15. The van der Waals surface area contributed by atoms with E-state index in [4.69, 9.17) is 14.5 Å². The SMILES string of the molecule is Cc1cc(C(=O)CCc2sc(-c3ccc(C(F)(F)F)cc3)nc2CN2CCN(c3ccc(OC(C)C)cc3)CC2)ccc1OC(C)(C)C(=O)O. The first-order valence-corrected chi connectivity index (χ1v) is 17.4. The molecule has 0 radical (unpaired) electrons. The Labute approximate surface area is 294 Å². The van der Waals surface area contributed by atoms with E-state index in [1.165, 1.54) is 37.3 Å². The number of carbonyl (C=O) groups is 2. The topological polar surface area (TPSA) is 92.2 Å². The van der Waals surface area contributed by atoms with Crippen molar-refractivity contribution in [1.82, 2.24) is 9.88 Å². The van der Waals surface area contributed by atoms with E-state index >= 15 is 0 Å². The summed E-state index contributed by atoms with van der Waals surface area (Å²) in [5.41, 5.74) is 1.51. The molecule has 1 aromatic heterocycles. The number of aryl methyl sites for hydroxylation is 2. The predicted molar refractivity (Wildman–Crippen MR) is 188 cm³/mol. The monoisotopic (exact) mass is 709 g/mol. The zero-order valence-electron chi connectivity index (χ0n) is 28.8. The molecule has 0 aliphatic carbocycles. The van der Waals surface area contributed by atoms with E-state index in [-0.39, 0.29) is 18.3 Å². The highest BCUT2D eigenvalue weighted by atomic mass is 32.1. The second-order valence-electron chi connectivity index (χ2n) is 13.2. The van der Waals surface area contributed by atoms with Crippen molar-refractivity contribution in [2.24, 2.45) is 0 Å². The van der Waals surface area contributed by atoms with Crippen LogP contribution in [0.4, 0.5) is 18.9 Å². The number of carboxylic acids is 1. The number of anilines is 1. The van der Waals surface area contributed by atoms with Gasteiger partial charge in [0, 0.05) is 60.8 Å². The largest absolute Gasteiger partial charge is 0.491 e. The lowest BCUT2D eigenvalue weighted by atomic mass is 10.0. The second kappa shape index (κ2) is 15.2. The molecule has 3 aromatic carbocycles. The summed E-state index contributed by atoms with van der Waals surface area (Å²) in [5.74, 6) is 0.0298. The Bertz CT molecular complexity index is 1800. The summed E-state index contributed by atoms with van der Waals surface area (Å²) in [7, 11) is 0. The van der Waals surface area contributed by atoms with E-state index in [0.717, 1.165) is 60.3 Å². The number of rotatable bonds is 13. The van der Waals surface area contributed by atoms with Gasteiger partial charge in [0.1, 0.15) is 16.5 Å². The maximum atomic E-state index is 13.3. The Kier molecular flexibility index (Phi) is 11.2. The van der Waals surface area contributed by atoms with E-state index in [0.29, 0.717) is 40.4 Å². The minimum atomic E-state index is -4.43. The fourth-order valence-corrected chi connectivity index (χ4v) is 6.71. The number of benzene rings is 3. The number of hydrogen-bond donors (Lipinski definition) is 1. The van der Waals surface area contributed by atoms with Gasteiger partial charge in [-0.25, -0.2) is 9.78 Å². The quantitative estimate of drug-likeness (QED) is 0.139. The molecule has 4 aromatic rings. The smallest absolute Gasteiger partial charge is 0.416 e. The summed E-state index contributed by atoms with van der Waals surface area (Å²) in [6, 6.07) is 18.0. The summed E-state index contributed by atoms with van der Waals surface area (Å²) in [6.07, 6.45) is -3.71. The number of Topliss-reactive ketones (excluding diaryl/α,β-unsaturated/α-hetero) is 1. The zero-order valence-corrected chi connectivity index (χ0v) is 29.7. The molecular formula is C38H42F3N3O5S. The van der Waals surface area contributed by atoms with Gasteiger partial charge in [0.05, 0.1) is 17.4 Å². The van der Waals surface area contributed by atoms with Crippen LogP contribution in [0, 0.1) is 6.92 Å². The molecule has 266 valence electrons. The van der Waals surface area contributed by atoms with Gasteiger partial charge in [-0.05, 0) is 101 Å². The third kappa shape index (κ3) is 9.22. The maximum Gasteiger partial charge on any atom is 0.416 e. The summed E-state index contributed by atoms with van der Waals surface area (Å²) in [5, 5.41) is 10.0. The van der Waals surface area contributed by atoms with Gasteiger partial charge in [-0.3, -0.25) is 9.69 Å². The van der Waals surface area contributed by atoms with Gasteiger partial charge in [-0.15, -0.1) is 11.3 Å². The van der Waals surface area contributed by atoms with Crippen LogP contribution < -0.4 is 14.4 Å². The Morgan fingerprint density at radius 3 is 2.20 bits per heavy atom. The number of hydrogen-bond acceptors (Lipinski definition) is 8. The van der Waals surface area contributed by atoms with Crippen LogP contribution in [0.15, 0.2) is 66.7 Å². The molecule has 5 rings (SSSR count). The van der Waals surface area contributed by atoms with Gasteiger partial charge < -0.3 is 19.5 Å². The minimum absolute atomic E-state index is 0.0917. The standard InChI is InChI=1S/C38H42F3N3O5S/c1-24(2)48-30-13-11-29(12-14-30)44-20-18-43(19-21-44)23-31-34(50-35(42-31)26-6-9-28(10-7-26)38(39,40)41)17-15-32(45)27-8-16-33(25(3)22-27)49-37(4,5)36(46)47/h6-14,16,22,24H,15,17-21,23H2,1-5H3,(H,46,47). The highest BCUT2D eigenvalue weighted by Gasteiger charge is 2.31. The molecule has 1 aliphatic rings. The molecule has 1 fully saturated rings. The number of ether oxygens (including phenoxy) is 2. The molecule has 8 nitrogen and oxygen atoms in total. The summed E-state index contributed by atoms with van der Waals surface area (Å²) in [6.45, 7) is 12.4. The number of thiazole rings is 1. The van der Waals surface area contributed by atoms with Gasteiger partial charge >= 0.3 is 12.1 Å². The summed E-state index contributed by atoms with van der Waals surface area (Å²) < 4.78 is 51.1. The van der Waals surface area contributed by atoms with Crippen molar-refractivity contribution < 1.29 is 37.3 Å². The lowest BCUT2D eigenvalue weighted by Gasteiger charge is -2.36. The van der Waals surface area contributed by atoms with Gasteiger partial charge in [0.25, 0.3) is 0 Å². The summed E-state index contributed by atoms with van der Waals surface area (Å²) in [4.78, 5) is 35.3. The molecular weight excluding hydrogens is 667 g/mol. The normalized spacial score (nSPS) is 14.2. The van der Waals surface area contributed by atoms with Crippen LogP contribution in [0.3, 0.4) is 0 Å². The number of aromatic nitrogens is 1. The van der Waals surface area contributed by atoms with Crippen LogP contribution in [-0.4, -0.2) is 64.6 Å². The van der Waals surface area contributed by atoms with Gasteiger partial charge in [0.2, 0.25) is 0 Å². The van der Waals surface area contributed by atoms with Crippen molar-refractivity contribution in [3.05, 3.63) is 94.0 Å². The van der Waals surface area contributed by atoms with E-state index in [9.17, 15) is 27.9 Å². The van der Waals surface area contributed by atoms with Gasteiger partial charge in [0.15, 0.2) is 11.4 Å². The average Bonchev–Trinajstić information content (AvgIpc) is 3.47. The molecule has 1 N–H and O–H groups in total. The molecule has 1 aliphatic heterocycles. The number of carbonyl (C=O) groups excluding carboxylic acids is 1. The van der Waals surface area contributed by atoms with Crippen LogP contribution in [0.2, 0.25) is 0 Å². The first-order chi connectivity index (χ1) is 23.6. The number of ketones is 1. The summed E-state index contributed by atoms with van der Waals surface area (Å²) >= 11 is 1.40. The third-order valence-electron chi connectivity index (χ3n) is 8.51. The number of aliphatic carboxylic acids is 1. The Morgan fingerprint density at radius 1 is 0.960 bits per heavy atom. The van der Waals surface area contributed by atoms with E-state index in [1.54, 1.807) is 25.1 Å². The molecule has 0 atom stereocenters. The molecule has 0 amide bonds. The van der Waals surface area contributed by atoms with Crippen molar-refractivity contribution in [3.63, 3.8) is 0 Å². The first kappa shape index (κ1) is 36.9. The Balaban J connectivity index is 1.29. The second-order valence-corrected chi connectivity index (χ2v) is 14.3. The average molecular weight is 710 g/mol. The molecule has 0 bridgehead atoms. The van der Waals surface area contributed by atoms with E-state index in [1.807, 2.05) is 26.0 Å². The highest BCUT2D eigenvalue weighted by Crippen LogP contribution is 2.34. The minimum Gasteiger partial charge on any atom is -0.491 e. The van der Waals surface area contributed by atoms with E-state index < -0.39 is 23.3 Å². The van der Waals surface area contributed by atoms with Crippen LogP contribution >= 0.6 is 11.3 Å². The van der Waals surface area contributed by atoms with Crippen molar-refractivity contribution >= 4 is 28.8 Å². The lowest BCUT2D eigenvalue weighted by Crippen LogP contribution is -2.46. The van der Waals surface area contributed by atoms with Gasteiger partial charge in [-0.2, -0.15) is 13.2 Å². The molecule has 50 heavy (non-hydrogen) atoms. The first-order valence-electron chi connectivity index (χ1n) is 16.6. The number of piperazine rings is 1. The number of alkyl halides is 3. The Morgan fingerprint density at radius 2 is 1.62 bits per heavy atom. The zero-order chi connectivity index (χ0) is 36.2. The fourth-order valence-electron chi connectivity index (χ4n) is 5.64. The van der Waals surface area contributed by atoms with Crippen LogP contribution in [0.1, 0.15) is 66.2 Å². The van der Waals surface area contributed by atoms with Crippen molar-refractivity contribution in [2.75, 3.05) is 31.1 Å². The van der Waals surface area contributed by atoms with Crippen LogP contribution in [-0.2, 0) is 23.9 Å². The fraction of sp³-hybridized carbons (Fsp3) is 0.395. The Hall–Kier alpha value is -4.42. The molecule has 0 saturated carbocycles. The van der Waals surface area contributed by atoms with Crippen LogP contribution in [0.5, 0.6) is 11.5 Å². The molecule has 1 saturated heterocycles. The molecule has 0 spiro atoms. The molecule has 2 heterocycles. The van der Waals surface area contributed by atoms with Crippen molar-refractivity contribution in [1.29, 1.82) is 0 Å². The third-order valence-corrected chi connectivity index (χ3v) is 9.72. The number of nitrogens with zero attached hydrogens (tertiary/aromatic N) is 3. The number of carboxylic acid groups (broad SMARTS) is 1. The molecule has 0 unspecified atom stereocenters. The van der Waals surface area contributed by atoms with E-state index in [2.05, 4.69) is 21.9 Å². The maximum absolute atomic E-state index is 13.3. The lowest BCUT2D eigenvalue weighted by molar-refractivity contribution is -0.152. The molecule has 12 heteroatoms. The predicted octanol–water partition coefficient (Wildman–Crippen LogP) is 8.30. The van der Waals surface area contributed by atoms with Crippen molar-refractivity contribution in [3.8, 4) is 22.1 Å².